The summed E-state index contributed by atoms with van der Waals surface area (Å²) >= 11 is 5.77. The number of nitrogens with zero attached hydrogens (tertiary/aromatic N) is 1. The Labute approximate surface area is 114 Å². The number of hydrogen-bond acceptors (Lipinski definition) is 4. The Morgan fingerprint density at radius 1 is 1.58 bits per heavy atom. The van der Waals surface area contributed by atoms with Gasteiger partial charge in [-0.05, 0) is 25.5 Å². The third-order valence-corrected chi connectivity index (χ3v) is 3.35. The summed E-state index contributed by atoms with van der Waals surface area (Å²) in [7, 11) is 0. The lowest BCUT2D eigenvalue weighted by molar-refractivity contribution is -0.385. The largest absolute Gasteiger partial charge is 0.379 e. The number of hydrogen-bond donors (Lipinski definition) is 1. The first-order chi connectivity index (χ1) is 8.93. The highest BCUT2D eigenvalue weighted by Crippen LogP contribution is 2.29. The molecule has 1 atom stereocenters. The highest BCUT2D eigenvalue weighted by atomic mass is 35.5. The van der Waals surface area contributed by atoms with E-state index in [2.05, 4.69) is 5.32 Å². The van der Waals surface area contributed by atoms with E-state index in [1.54, 1.807) is 0 Å². The van der Waals surface area contributed by atoms with Gasteiger partial charge in [0.1, 0.15) is 10.6 Å². The molecule has 2 rings (SSSR count). The second-order valence-corrected chi connectivity index (χ2v) is 5.12. The molecule has 0 bridgehead atoms. The Hall–Kier alpha value is -1.66. The molecule has 1 unspecified atom stereocenters. The summed E-state index contributed by atoms with van der Waals surface area (Å²) < 4.78 is 5.22. The van der Waals surface area contributed by atoms with Gasteiger partial charge >= 0.3 is 5.69 Å². The van der Waals surface area contributed by atoms with E-state index in [1.807, 2.05) is 6.92 Å². The predicted octanol–water partition coefficient (Wildman–Crippen LogP) is 2.16. The summed E-state index contributed by atoms with van der Waals surface area (Å²) in [5.74, 6) is -0.512. The lowest BCUT2D eigenvalue weighted by Gasteiger charge is -2.23. The second kappa shape index (κ2) is 5.14. The molecule has 102 valence electrons. The van der Waals surface area contributed by atoms with Crippen molar-refractivity contribution in [1.29, 1.82) is 0 Å². The van der Waals surface area contributed by atoms with Crippen molar-refractivity contribution in [3.63, 3.8) is 0 Å². The molecule has 1 amide bonds. The number of nitrogens with one attached hydrogen (secondary N) is 1. The van der Waals surface area contributed by atoms with Crippen LogP contribution < -0.4 is 5.32 Å². The van der Waals surface area contributed by atoms with Crippen LogP contribution in [0.15, 0.2) is 18.2 Å². The summed E-state index contributed by atoms with van der Waals surface area (Å²) in [6.07, 6.45) is 0.674. The minimum atomic E-state index is -0.648. The SMILES string of the molecule is CC1(NC(=O)c2cccc(Cl)c2[N+](=O)[O-])CCOC1. The van der Waals surface area contributed by atoms with Crippen LogP contribution in [0.25, 0.3) is 0 Å². The maximum atomic E-state index is 12.2. The van der Waals surface area contributed by atoms with E-state index in [-0.39, 0.29) is 16.3 Å². The van der Waals surface area contributed by atoms with Crippen LogP contribution in [0.2, 0.25) is 5.02 Å². The quantitative estimate of drug-likeness (QED) is 0.681. The van der Waals surface area contributed by atoms with Crippen molar-refractivity contribution in [2.75, 3.05) is 13.2 Å². The molecule has 19 heavy (non-hydrogen) atoms. The van der Waals surface area contributed by atoms with Gasteiger partial charge in [0.2, 0.25) is 0 Å². The number of rotatable bonds is 3. The summed E-state index contributed by atoms with van der Waals surface area (Å²) in [5.41, 5.74) is -0.900. The topological polar surface area (TPSA) is 81.5 Å². The van der Waals surface area contributed by atoms with Gasteiger partial charge in [0.05, 0.1) is 17.1 Å². The van der Waals surface area contributed by atoms with E-state index in [0.717, 1.165) is 0 Å². The van der Waals surface area contributed by atoms with Crippen LogP contribution in [-0.2, 0) is 4.74 Å². The number of ether oxygens (including phenoxy) is 1. The number of halogens is 1. The Bertz CT molecular complexity index is 526. The summed E-state index contributed by atoms with van der Waals surface area (Å²) in [6.45, 7) is 2.80. The monoisotopic (exact) mass is 284 g/mol. The Morgan fingerprint density at radius 2 is 2.32 bits per heavy atom. The van der Waals surface area contributed by atoms with Gasteiger partial charge in [0, 0.05) is 6.61 Å². The van der Waals surface area contributed by atoms with Crippen molar-refractivity contribution in [2.24, 2.45) is 0 Å². The first-order valence-corrected chi connectivity index (χ1v) is 6.14. The molecule has 1 aliphatic rings. The van der Waals surface area contributed by atoms with E-state index in [1.165, 1.54) is 18.2 Å². The Kier molecular flexibility index (Phi) is 3.73. The number of carbonyl (C=O) groups is 1. The minimum absolute atomic E-state index is 0.0365. The zero-order chi connectivity index (χ0) is 14.0. The summed E-state index contributed by atoms with van der Waals surface area (Å²) in [5, 5.41) is 13.7. The van der Waals surface area contributed by atoms with Crippen LogP contribution in [-0.4, -0.2) is 29.6 Å². The zero-order valence-corrected chi connectivity index (χ0v) is 11.1. The van der Waals surface area contributed by atoms with Crippen LogP contribution in [0.1, 0.15) is 23.7 Å². The van der Waals surface area contributed by atoms with Gasteiger partial charge in [-0.15, -0.1) is 0 Å². The van der Waals surface area contributed by atoms with Gasteiger partial charge in [0.25, 0.3) is 5.91 Å². The molecule has 7 heteroatoms. The fourth-order valence-electron chi connectivity index (χ4n) is 1.99. The average molecular weight is 285 g/mol. The van der Waals surface area contributed by atoms with Crippen molar-refractivity contribution in [3.8, 4) is 0 Å². The predicted molar refractivity (Wildman–Crippen MR) is 69.4 cm³/mol. The number of nitro benzene ring substituents is 1. The molecular formula is C12H13ClN2O4. The van der Waals surface area contributed by atoms with Crippen LogP contribution in [0.4, 0.5) is 5.69 Å². The van der Waals surface area contributed by atoms with Crippen LogP contribution in [0.3, 0.4) is 0 Å². The molecule has 1 aromatic rings. The van der Waals surface area contributed by atoms with Gasteiger partial charge in [-0.2, -0.15) is 0 Å². The van der Waals surface area contributed by atoms with Gasteiger partial charge < -0.3 is 10.1 Å². The molecule has 0 aromatic heterocycles. The lowest BCUT2D eigenvalue weighted by atomic mass is 10.0. The maximum absolute atomic E-state index is 12.2. The lowest BCUT2D eigenvalue weighted by Crippen LogP contribution is -2.46. The van der Waals surface area contributed by atoms with Crippen molar-refractivity contribution in [1.82, 2.24) is 5.32 Å². The standard InChI is InChI=1S/C12H13ClN2O4/c1-12(5-6-19-7-12)14-11(16)8-3-2-4-9(13)10(8)15(17)18/h2-4H,5-7H2,1H3,(H,14,16). The molecule has 0 radical (unpaired) electrons. The molecule has 1 saturated heterocycles. The number of nitro groups is 1. The van der Waals surface area contributed by atoms with E-state index in [9.17, 15) is 14.9 Å². The van der Waals surface area contributed by atoms with E-state index in [4.69, 9.17) is 16.3 Å². The van der Waals surface area contributed by atoms with Gasteiger partial charge in [-0.1, -0.05) is 17.7 Å². The molecule has 1 aliphatic heterocycles. The number of para-hydroxylation sites is 1. The van der Waals surface area contributed by atoms with Crippen molar-refractivity contribution >= 4 is 23.2 Å². The highest BCUT2D eigenvalue weighted by Gasteiger charge is 2.33. The van der Waals surface area contributed by atoms with Crippen LogP contribution >= 0.6 is 11.6 Å². The molecule has 1 fully saturated rings. The smallest absolute Gasteiger partial charge is 0.300 e. The van der Waals surface area contributed by atoms with E-state index in [0.29, 0.717) is 19.6 Å². The van der Waals surface area contributed by atoms with Gasteiger partial charge in [0.15, 0.2) is 0 Å². The number of benzene rings is 1. The molecule has 0 aliphatic carbocycles. The first kappa shape index (κ1) is 13.8. The van der Waals surface area contributed by atoms with E-state index < -0.39 is 16.4 Å². The van der Waals surface area contributed by atoms with E-state index >= 15 is 0 Å². The van der Waals surface area contributed by atoms with Gasteiger partial charge in [-0.3, -0.25) is 14.9 Å². The zero-order valence-electron chi connectivity index (χ0n) is 10.3. The number of carbonyl (C=O) groups excluding carboxylic acids is 1. The molecular weight excluding hydrogens is 272 g/mol. The molecule has 6 nitrogen and oxygen atoms in total. The van der Waals surface area contributed by atoms with Crippen molar-refractivity contribution in [2.45, 2.75) is 18.9 Å². The Balaban J connectivity index is 2.29. The molecule has 1 N–H and O–H groups in total. The van der Waals surface area contributed by atoms with Crippen LogP contribution in [0.5, 0.6) is 0 Å². The third-order valence-electron chi connectivity index (χ3n) is 3.05. The third kappa shape index (κ3) is 2.85. The molecule has 1 aromatic carbocycles. The van der Waals surface area contributed by atoms with Crippen LogP contribution in [0, 0.1) is 10.1 Å². The fourth-order valence-corrected chi connectivity index (χ4v) is 2.23. The second-order valence-electron chi connectivity index (χ2n) is 4.71. The highest BCUT2D eigenvalue weighted by molar-refractivity contribution is 6.33. The number of amides is 1. The Morgan fingerprint density at radius 3 is 2.89 bits per heavy atom. The molecule has 1 heterocycles. The fraction of sp³-hybridized carbons (Fsp3) is 0.417. The van der Waals surface area contributed by atoms with Crippen molar-refractivity contribution in [3.05, 3.63) is 38.9 Å². The van der Waals surface area contributed by atoms with Gasteiger partial charge in [-0.25, -0.2) is 0 Å². The molecule has 0 saturated carbocycles. The minimum Gasteiger partial charge on any atom is -0.379 e. The maximum Gasteiger partial charge on any atom is 0.300 e. The normalized spacial score (nSPS) is 22.2. The summed E-state index contributed by atoms with van der Waals surface area (Å²) in [4.78, 5) is 22.5. The average Bonchev–Trinajstić information content (AvgIpc) is 2.74. The molecule has 0 spiro atoms. The first-order valence-electron chi connectivity index (χ1n) is 5.76. The van der Waals surface area contributed by atoms with Crippen molar-refractivity contribution < 1.29 is 14.5 Å². The summed E-state index contributed by atoms with van der Waals surface area (Å²) in [6, 6.07) is 4.28.